The summed E-state index contributed by atoms with van der Waals surface area (Å²) in [5, 5.41) is 9.98. The number of hydrogen-bond acceptors (Lipinski definition) is 3. The number of esters is 1. The van der Waals surface area contributed by atoms with Gasteiger partial charge in [-0.2, -0.15) is 0 Å². The summed E-state index contributed by atoms with van der Waals surface area (Å²) < 4.78 is 3.68. The number of aromatic amines is 1. The van der Waals surface area contributed by atoms with Gasteiger partial charge >= 0.3 is 5.97 Å². The Morgan fingerprint density at radius 1 is 1.71 bits per heavy atom. The van der Waals surface area contributed by atoms with Crippen molar-refractivity contribution in [1.82, 2.24) is 4.98 Å². The van der Waals surface area contributed by atoms with E-state index in [0.717, 1.165) is 5.69 Å². The lowest BCUT2D eigenvalue weighted by Crippen LogP contribution is -2.29. The van der Waals surface area contributed by atoms with Crippen molar-refractivity contribution in [2.24, 2.45) is 0 Å². The van der Waals surface area contributed by atoms with Gasteiger partial charge in [-0.15, -0.1) is 0 Å². The van der Waals surface area contributed by atoms with Gasteiger partial charge in [-0.25, -0.2) is 4.79 Å². The molecule has 2 N–H and O–H groups in total. The molecule has 0 fully saturated rings. The molecule has 0 bridgehead atoms. The quantitative estimate of drug-likeness (QED) is 0.644. The third-order valence-corrected chi connectivity index (χ3v) is 3.62. The van der Waals surface area contributed by atoms with Crippen LogP contribution >= 0.6 is 23.2 Å². The van der Waals surface area contributed by atoms with Gasteiger partial charge in [0.25, 0.3) is 0 Å². The molecule has 0 amide bonds. The molecule has 0 aliphatic heterocycles. The van der Waals surface area contributed by atoms with Crippen molar-refractivity contribution in [3.05, 3.63) is 23.0 Å². The van der Waals surface area contributed by atoms with Gasteiger partial charge in [-0.05, 0) is 25.8 Å². The first-order chi connectivity index (χ1) is 7.95. The highest BCUT2D eigenvalue weighted by atomic mass is 35.5. The van der Waals surface area contributed by atoms with E-state index in [0.29, 0.717) is 30.7 Å². The van der Waals surface area contributed by atoms with Crippen LogP contribution < -0.4 is 0 Å². The zero-order valence-electron chi connectivity index (χ0n) is 9.30. The molecule has 1 aliphatic rings. The van der Waals surface area contributed by atoms with E-state index >= 15 is 0 Å². The number of carbonyl (C=O) groups excluding carboxylic acids is 1. The number of aliphatic hydroxyl groups excluding tert-OH is 1. The highest BCUT2D eigenvalue weighted by Gasteiger charge is 2.40. The minimum atomic E-state index is -1.19. The summed E-state index contributed by atoms with van der Waals surface area (Å²) in [4.78, 5) is 14.5. The standard InChI is InChI=1S/C11H13Cl2NO3/c1-2-17-10(16)8-5-6-7(14-8)3-4-11(12,13)9(6)15/h5,9,14-15H,2-4H2,1H3. The van der Waals surface area contributed by atoms with E-state index in [1.807, 2.05) is 0 Å². The van der Waals surface area contributed by atoms with E-state index in [2.05, 4.69) is 4.98 Å². The average molecular weight is 278 g/mol. The zero-order chi connectivity index (χ0) is 12.6. The van der Waals surface area contributed by atoms with Crippen LogP contribution in [0.25, 0.3) is 0 Å². The van der Waals surface area contributed by atoms with E-state index in [9.17, 15) is 9.90 Å². The molecule has 0 spiro atoms. The van der Waals surface area contributed by atoms with Crippen LogP contribution in [0.15, 0.2) is 6.07 Å². The predicted molar refractivity (Wildman–Crippen MR) is 64.5 cm³/mol. The smallest absolute Gasteiger partial charge is 0.354 e. The van der Waals surface area contributed by atoms with Crippen LogP contribution in [-0.2, 0) is 11.2 Å². The van der Waals surface area contributed by atoms with Crippen molar-refractivity contribution >= 4 is 29.2 Å². The molecule has 0 radical (unpaired) electrons. The summed E-state index contributed by atoms with van der Waals surface area (Å²) in [5.41, 5.74) is 1.68. The van der Waals surface area contributed by atoms with Gasteiger partial charge < -0.3 is 14.8 Å². The van der Waals surface area contributed by atoms with E-state index in [4.69, 9.17) is 27.9 Å². The van der Waals surface area contributed by atoms with Gasteiger partial charge in [0.05, 0.1) is 6.61 Å². The molecule has 6 heteroatoms. The lowest BCUT2D eigenvalue weighted by molar-refractivity contribution is 0.0520. The van der Waals surface area contributed by atoms with Gasteiger partial charge in [-0.1, -0.05) is 23.2 Å². The topological polar surface area (TPSA) is 62.3 Å². The molecule has 17 heavy (non-hydrogen) atoms. The van der Waals surface area contributed by atoms with Crippen molar-refractivity contribution in [2.75, 3.05) is 6.61 Å². The van der Waals surface area contributed by atoms with Gasteiger partial charge in [-0.3, -0.25) is 0 Å². The lowest BCUT2D eigenvalue weighted by Gasteiger charge is -2.30. The maximum absolute atomic E-state index is 11.5. The Hall–Kier alpha value is -0.710. The Balaban J connectivity index is 2.31. The number of halogens is 2. The molecule has 1 heterocycles. The summed E-state index contributed by atoms with van der Waals surface area (Å²) in [6.07, 6.45) is 0.0419. The molecule has 0 saturated carbocycles. The molecular formula is C11H13Cl2NO3. The van der Waals surface area contributed by atoms with Crippen LogP contribution in [0.2, 0.25) is 0 Å². The molecule has 1 unspecified atom stereocenters. The first kappa shape index (κ1) is 12.7. The molecule has 94 valence electrons. The van der Waals surface area contributed by atoms with Crippen LogP contribution in [0.4, 0.5) is 0 Å². The van der Waals surface area contributed by atoms with Crippen molar-refractivity contribution in [2.45, 2.75) is 30.2 Å². The Bertz CT molecular complexity index is 442. The number of ether oxygens (including phenoxy) is 1. The average Bonchev–Trinajstić information content (AvgIpc) is 2.69. The normalized spacial score (nSPS) is 22.0. The van der Waals surface area contributed by atoms with Gasteiger partial charge in [0.1, 0.15) is 16.1 Å². The second-order valence-electron chi connectivity index (χ2n) is 4.00. The second-order valence-corrected chi connectivity index (χ2v) is 5.54. The van der Waals surface area contributed by atoms with E-state index in [1.165, 1.54) is 0 Å². The monoisotopic (exact) mass is 277 g/mol. The fourth-order valence-corrected chi connectivity index (χ4v) is 2.36. The number of fused-ring (bicyclic) bond motifs is 1. The Morgan fingerprint density at radius 3 is 3.06 bits per heavy atom. The number of aromatic nitrogens is 1. The van der Waals surface area contributed by atoms with E-state index in [1.54, 1.807) is 13.0 Å². The van der Waals surface area contributed by atoms with Crippen LogP contribution in [0.3, 0.4) is 0 Å². The molecular weight excluding hydrogens is 265 g/mol. The summed E-state index contributed by atoms with van der Waals surface area (Å²) in [7, 11) is 0. The first-order valence-corrected chi connectivity index (χ1v) is 6.16. The molecule has 1 aromatic rings. The highest BCUT2D eigenvalue weighted by Crippen LogP contribution is 2.45. The van der Waals surface area contributed by atoms with Crippen LogP contribution in [-0.4, -0.2) is 27.0 Å². The number of nitrogens with one attached hydrogen (secondary N) is 1. The number of aryl methyl sites for hydroxylation is 1. The SMILES string of the molecule is CCOC(=O)c1cc2c([nH]1)CCC(Cl)(Cl)C2O. The Morgan fingerprint density at radius 2 is 2.41 bits per heavy atom. The van der Waals surface area contributed by atoms with E-state index < -0.39 is 16.4 Å². The number of hydrogen-bond donors (Lipinski definition) is 2. The van der Waals surface area contributed by atoms with Crippen LogP contribution in [0.5, 0.6) is 0 Å². The third kappa shape index (κ3) is 2.30. The zero-order valence-corrected chi connectivity index (χ0v) is 10.8. The Kier molecular flexibility index (Phi) is 3.39. The molecule has 1 aromatic heterocycles. The lowest BCUT2D eigenvalue weighted by atomic mass is 9.94. The first-order valence-electron chi connectivity index (χ1n) is 5.40. The van der Waals surface area contributed by atoms with Crippen LogP contribution in [0.1, 0.15) is 41.2 Å². The molecule has 4 nitrogen and oxygen atoms in total. The number of aliphatic hydroxyl groups is 1. The summed E-state index contributed by atoms with van der Waals surface area (Å²) in [6, 6.07) is 1.55. The predicted octanol–water partition coefficient (Wildman–Crippen LogP) is 2.34. The number of carbonyl (C=O) groups is 1. The van der Waals surface area contributed by atoms with Crippen molar-refractivity contribution < 1.29 is 14.6 Å². The maximum atomic E-state index is 11.5. The van der Waals surface area contributed by atoms with E-state index in [-0.39, 0.29) is 0 Å². The molecule has 1 atom stereocenters. The second kappa shape index (κ2) is 4.52. The van der Waals surface area contributed by atoms with Crippen molar-refractivity contribution in [3.63, 3.8) is 0 Å². The fourth-order valence-electron chi connectivity index (χ4n) is 1.94. The molecule has 0 aromatic carbocycles. The minimum absolute atomic E-state index is 0.306. The minimum Gasteiger partial charge on any atom is -0.461 e. The van der Waals surface area contributed by atoms with Crippen LogP contribution in [0, 0.1) is 0 Å². The van der Waals surface area contributed by atoms with Gasteiger partial charge in [0.15, 0.2) is 0 Å². The highest BCUT2D eigenvalue weighted by molar-refractivity contribution is 6.49. The molecule has 1 aliphatic carbocycles. The molecule has 0 saturated heterocycles. The summed E-state index contributed by atoms with van der Waals surface area (Å²) >= 11 is 12.0. The van der Waals surface area contributed by atoms with Crippen molar-refractivity contribution in [1.29, 1.82) is 0 Å². The summed E-state index contributed by atoms with van der Waals surface area (Å²) in [6.45, 7) is 2.04. The van der Waals surface area contributed by atoms with Crippen molar-refractivity contribution in [3.8, 4) is 0 Å². The largest absolute Gasteiger partial charge is 0.461 e. The number of H-pyrrole nitrogens is 1. The number of alkyl halides is 2. The Labute approximate surface area is 109 Å². The van der Waals surface area contributed by atoms with Gasteiger partial charge in [0, 0.05) is 11.3 Å². The van der Waals surface area contributed by atoms with Gasteiger partial charge in [0.2, 0.25) is 0 Å². The molecule has 2 rings (SSSR count). The maximum Gasteiger partial charge on any atom is 0.354 e. The fraction of sp³-hybridized carbons (Fsp3) is 0.545. The third-order valence-electron chi connectivity index (χ3n) is 2.83. The number of rotatable bonds is 2. The summed E-state index contributed by atoms with van der Waals surface area (Å²) in [5.74, 6) is -0.441.